The first-order chi connectivity index (χ1) is 16.2. The molecule has 4 heterocycles. The Hall–Kier alpha value is -2.79. The number of carbonyl (C=O) groups is 3. The number of aliphatic hydroxyl groups is 1. The zero-order valence-corrected chi connectivity index (χ0v) is 20.2. The number of aliphatic hydroxyl groups excluding tert-OH is 1. The van der Waals surface area contributed by atoms with Gasteiger partial charge in [-0.15, -0.1) is 11.8 Å². The molecule has 7 atom stereocenters. The molecular weight excluding hydrogens is 460 g/mol. The fourth-order valence-electron chi connectivity index (χ4n) is 5.38. The van der Waals surface area contributed by atoms with Gasteiger partial charge < -0.3 is 29.7 Å². The molecule has 2 fully saturated rings. The summed E-state index contributed by atoms with van der Waals surface area (Å²) in [5.74, 6) is -1.68. The molecule has 10 nitrogen and oxygen atoms in total. The van der Waals surface area contributed by atoms with Gasteiger partial charge in [-0.1, -0.05) is 26.5 Å². The lowest BCUT2D eigenvalue weighted by molar-refractivity contribution is -0.163. The highest BCUT2D eigenvalue weighted by Crippen LogP contribution is 2.52. The maximum absolute atomic E-state index is 12.8. The Bertz CT molecular complexity index is 1010. The number of rotatable bonds is 8. The van der Waals surface area contributed by atoms with E-state index in [9.17, 15) is 24.6 Å². The van der Waals surface area contributed by atoms with E-state index in [0.29, 0.717) is 17.9 Å². The van der Waals surface area contributed by atoms with Gasteiger partial charge in [0.25, 0.3) is 0 Å². The molecule has 3 aliphatic heterocycles. The minimum atomic E-state index is -1.16. The minimum Gasteiger partial charge on any atom is -0.477 e. The molecule has 34 heavy (non-hydrogen) atoms. The Labute approximate surface area is 202 Å². The molecule has 0 bridgehead atoms. The number of carboxylic acids is 1. The van der Waals surface area contributed by atoms with E-state index >= 15 is 0 Å². The average Bonchev–Trinajstić information content (AvgIpc) is 3.50. The molecule has 0 radical (unpaired) electrons. The van der Waals surface area contributed by atoms with Crippen LogP contribution in [0.2, 0.25) is 0 Å². The lowest BCUT2D eigenvalue weighted by Crippen LogP contribution is -2.63. The molecule has 2 amide bonds. The van der Waals surface area contributed by atoms with Crippen molar-refractivity contribution in [2.45, 2.75) is 56.5 Å². The van der Waals surface area contributed by atoms with Crippen LogP contribution in [0.4, 0.5) is 4.79 Å². The molecule has 11 heteroatoms. The Kier molecular flexibility index (Phi) is 6.77. The highest BCUT2D eigenvalue weighted by atomic mass is 32.2. The summed E-state index contributed by atoms with van der Waals surface area (Å²) >= 11 is 1.41. The molecule has 0 spiro atoms. The van der Waals surface area contributed by atoms with Crippen molar-refractivity contribution in [1.82, 2.24) is 19.8 Å². The molecular formula is C23H30N4O6S. The van der Waals surface area contributed by atoms with Gasteiger partial charge in [0.2, 0.25) is 5.91 Å². The number of carbonyl (C=O) groups excluding carboxylic acids is 2. The van der Waals surface area contributed by atoms with Gasteiger partial charge >= 0.3 is 12.1 Å². The number of β-lactam (4-membered cyclic amide) rings is 1. The first kappa shape index (κ1) is 24.3. The largest absolute Gasteiger partial charge is 0.477 e. The number of ether oxygens (including phenoxy) is 1. The highest BCUT2D eigenvalue weighted by Gasteiger charge is 2.60. The number of aromatic nitrogens is 2. The summed E-state index contributed by atoms with van der Waals surface area (Å²) < 4.78 is 5.31. The third-order valence-corrected chi connectivity index (χ3v) is 8.49. The average molecular weight is 491 g/mol. The van der Waals surface area contributed by atoms with Crippen molar-refractivity contribution >= 4 is 29.7 Å². The van der Waals surface area contributed by atoms with E-state index in [2.05, 4.69) is 16.5 Å². The lowest BCUT2D eigenvalue weighted by Gasteiger charge is -2.46. The maximum atomic E-state index is 12.8. The molecule has 1 aromatic rings. The number of H-pyrrole nitrogens is 1. The molecule has 0 aromatic carbocycles. The van der Waals surface area contributed by atoms with Gasteiger partial charge in [-0.3, -0.25) is 4.79 Å². The van der Waals surface area contributed by atoms with E-state index in [0.717, 1.165) is 5.82 Å². The number of nitrogens with one attached hydrogen (secondary N) is 1. The second-order valence-corrected chi connectivity index (χ2v) is 10.4. The van der Waals surface area contributed by atoms with E-state index in [1.165, 1.54) is 22.7 Å². The van der Waals surface area contributed by atoms with Gasteiger partial charge in [-0.2, -0.15) is 0 Å². The van der Waals surface area contributed by atoms with Gasteiger partial charge in [0.15, 0.2) is 0 Å². The molecule has 1 aromatic heterocycles. The highest BCUT2D eigenvalue weighted by molar-refractivity contribution is 8.03. The third-order valence-electron chi connectivity index (χ3n) is 7.00. The fourth-order valence-corrected chi connectivity index (χ4v) is 6.91. The number of amides is 2. The molecule has 1 unspecified atom stereocenters. The molecule has 184 valence electrons. The molecule has 4 rings (SSSR count). The van der Waals surface area contributed by atoms with Crippen LogP contribution in [0, 0.1) is 11.8 Å². The van der Waals surface area contributed by atoms with Crippen LogP contribution in [0.1, 0.15) is 38.9 Å². The van der Waals surface area contributed by atoms with Crippen molar-refractivity contribution in [3.05, 3.63) is 41.5 Å². The number of likely N-dealkylation sites (tertiary alicyclic amines) is 1. The van der Waals surface area contributed by atoms with E-state index in [1.807, 2.05) is 13.8 Å². The zero-order valence-electron chi connectivity index (χ0n) is 19.4. The summed E-state index contributed by atoms with van der Waals surface area (Å²) in [6.45, 7) is 9.50. The summed E-state index contributed by atoms with van der Waals surface area (Å²) in [6.07, 6.45) is 4.21. The minimum absolute atomic E-state index is 0.00674. The second-order valence-electron chi connectivity index (χ2n) is 9.10. The maximum Gasteiger partial charge on any atom is 0.410 e. The van der Waals surface area contributed by atoms with Crippen LogP contribution in [-0.2, 0) is 14.3 Å². The van der Waals surface area contributed by atoms with Gasteiger partial charge in [0.1, 0.15) is 18.1 Å². The quantitative estimate of drug-likeness (QED) is 0.373. The lowest BCUT2D eigenvalue weighted by atomic mass is 9.79. The summed E-state index contributed by atoms with van der Waals surface area (Å²) in [4.78, 5) is 48.6. The fraction of sp³-hybridized carbons (Fsp3) is 0.565. The number of carboxylic acid groups (broad SMARTS) is 1. The zero-order chi connectivity index (χ0) is 24.7. The number of nitrogens with zero attached hydrogens (tertiary/aromatic N) is 3. The SMILES string of the molecule is C=CCOC(=O)N1C[C@@H](SC2=C(C(=O)O)N3C(=O)[C@H]([C@@H](C)O)[C@H]3[C@H]2C)C[C@@H]1C(C)c1ncc[nH]1. The monoisotopic (exact) mass is 490 g/mol. The van der Waals surface area contributed by atoms with Crippen molar-refractivity contribution in [2.24, 2.45) is 11.8 Å². The van der Waals surface area contributed by atoms with Crippen molar-refractivity contribution in [3.8, 4) is 0 Å². The number of fused-ring (bicyclic) bond motifs is 1. The number of imidazole rings is 1. The Morgan fingerprint density at radius 2 is 2.18 bits per heavy atom. The predicted octanol–water partition coefficient (Wildman–Crippen LogP) is 2.17. The number of thioether (sulfide) groups is 1. The molecule has 2 saturated heterocycles. The predicted molar refractivity (Wildman–Crippen MR) is 125 cm³/mol. The van der Waals surface area contributed by atoms with Crippen LogP contribution < -0.4 is 0 Å². The van der Waals surface area contributed by atoms with Gasteiger partial charge in [0, 0.05) is 47.0 Å². The first-order valence-electron chi connectivity index (χ1n) is 11.4. The molecule has 3 N–H and O–H groups in total. The molecule has 0 saturated carbocycles. The van der Waals surface area contributed by atoms with Crippen molar-refractivity contribution in [1.29, 1.82) is 0 Å². The summed E-state index contributed by atoms with van der Waals surface area (Å²) in [5, 5.41) is 19.9. The number of aliphatic carboxylic acids is 1. The van der Waals surface area contributed by atoms with Crippen molar-refractivity contribution < 1.29 is 29.3 Å². The number of hydrogen-bond acceptors (Lipinski definition) is 7. The summed E-state index contributed by atoms with van der Waals surface area (Å²) in [7, 11) is 0. The van der Waals surface area contributed by atoms with E-state index < -0.39 is 24.1 Å². The summed E-state index contributed by atoms with van der Waals surface area (Å²) in [6, 6.07) is -0.565. The van der Waals surface area contributed by atoms with Gasteiger partial charge in [-0.05, 0) is 13.3 Å². The molecule has 3 aliphatic rings. The van der Waals surface area contributed by atoms with Crippen LogP contribution in [-0.4, -0.2) is 84.5 Å². The van der Waals surface area contributed by atoms with Crippen LogP contribution in [0.15, 0.2) is 35.7 Å². The first-order valence-corrected chi connectivity index (χ1v) is 12.2. The normalized spacial score (nSPS) is 30.1. The van der Waals surface area contributed by atoms with Gasteiger partial charge in [0.05, 0.1) is 18.1 Å². The topological polar surface area (TPSA) is 136 Å². The third kappa shape index (κ3) is 4.00. The number of hydrogen-bond donors (Lipinski definition) is 3. The van der Waals surface area contributed by atoms with Crippen LogP contribution in [0.5, 0.6) is 0 Å². The Morgan fingerprint density at radius 1 is 1.44 bits per heavy atom. The second kappa shape index (κ2) is 9.46. The van der Waals surface area contributed by atoms with Crippen LogP contribution >= 0.6 is 11.8 Å². The standard InChI is InChI=1S/C23H30N4O6S/c1-5-8-33-23(32)26-10-14(9-15(26)11(2)20-24-6-7-25-20)34-19-12(3)17-16(13(4)28)21(29)27(17)18(19)22(30)31/h5-7,11-17,28H,1,8-10H2,2-4H3,(H,24,25)(H,30,31)/t11?,12-,13-,14+,15-,16-,17-/m1/s1. The molecule has 0 aliphatic carbocycles. The Balaban J connectivity index is 1.58. The summed E-state index contributed by atoms with van der Waals surface area (Å²) in [5.41, 5.74) is -0.00674. The van der Waals surface area contributed by atoms with Crippen LogP contribution in [0.25, 0.3) is 0 Å². The van der Waals surface area contributed by atoms with Crippen LogP contribution in [0.3, 0.4) is 0 Å². The Morgan fingerprint density at radius 3 is 2.76 bits per heavy atom. The van der Waals surface area contributed by atoms with Crippen molar-refractivity contribution in [3.63, 3.8) is 0 Å². The van der Waals surface area contributed by atoms with E-state index in [4.69, 9.17) is 4.74 Å². The van der Waals surface area contributed by atoms with Gasteiger partial charge in [-0.25, -0.2) is 14.6 Å². The van der Waals surface area contributed by atoms with E-state index in [1.54, 1.807) is 24.2 Å². The van der Waals surface area contributed by atoms with E-state index in [-0.39, 0.29) is 47.4 Å². The smallest absolute Gasteiger partial charge is 0.410 e. The van der Waals surface area contributed by atoms with Crippen molar-refractivity contribution in [2.75, 3.05) is 13.2 Å². The number of aromatic amines is 1.